The number of nitrogens with one attached hydrogen (secondary N) is 2. The van der Waals surface area contributed by atoms with Crippen molar-refractivity contribution in [3.63, 3.8) is 0 Å². The molecule has 0 saturated carbocycles. The van der Waals surface area contributed by atoms with Gasteiger partial charge in [-0.25, -0.2) is 0 Å². The van der Waals surface area contributed by atoms with Gasteiger partial charge in [-0.3, -0.25) is 9.59 Å². The second-order valence-electron chi connectivity index (χ2n) is 5.38. The highest BCUT2D eigenvalue weighted by Gasteiger charge is 2.09. The van der Waals surface area contributed by atoms with E-state index in [9.17, 15) is 9.59 Å². The van der Waals surface area contributed by atoms with Crippen molar-refractivity contribution in [3.05, 3.63) is 54.1 Å². The molecular weight excluding hydrogens is 334 g/mol. The summed E-state index contributed by atoms with van der Waals surface area (Å²) in [4.78, 5) is 23.5. The Labute approximate surface area is 152 Å². The van der Waals surface area contributed by atoms with Gasteiger partial charge in [0.2, 0.25) is 5.91 Å². The van der Waals surface area contributed by atoms with Gasteiger partial charge in [-0.1, -0.05) is 18.2 Å². The summed E-state index contributed by atoms with van der Waals surface area (Å²) in [7, 11) is 0. The third kappa shape index (κ3) is 6.10. The van der Waals surface area contributed by atoms with E-state index in [-0.39, 0.29) is 12.5 Å². The first-order chi connectivity index (χ1) is 12.6. The van der Waals surface area contributed by atoms with Crippen LogP contribution in [0.2, 0.25) is 0 Å². The molecule has 0 radical (unpaired) electrons. The normalized spacial score (nSPS) is 10.2. The Morgan fingerprint density at radius 2 is 1.88 bits per heavy atom. The molecule has 0 aromatic heterocycles. The number of hydrogen-bond donors (Lipinski definition) is 3. The predicted octanol–water partition coefficient (Wildman–Crippen LogP) is 2.25. The molecule has 0 fully saturated rings. The van der Waals surface area contributed by atoms with E-state index in [0.29, 0.717) is 42.5 Å². The molecule has 26 heavy (non-hydrogen) atoms. The lowest BCUT2D eigenvalue weighted by Gasteiger charge is -2.11. The summed E-state index contributed by atoms with van der Waals surface area (Å²) >= 11 is 0. The zero-order valence-electron chi connectivity index (χ0n) is 14.7. The van der Waals surface area contributed by atoms with Gasteiger partial charge in [0.1, 0.15) is 12.4 Å². The number of amides is 2. The lowest BCUT2D eigenvalue weighted by atomic mass is 10.1. The van der Waals surface area contributed by atoms with E-state index < -0.39 is 5.91 Å². The first-order valence-electron chi connectivity index (χ1n) is 8.33. The van der Waals surface area contributed by atoms with Crippen LogP contribution in [0.25, 0.3) is 0 Å². The van der Waals surface area contributed by atoms with Gasteiger partial charge >= 0.3 is 0 Å². The number of ether oxygens (including phenoxy) is 2. The Hall–Kier alpha value is -3.06. The molecular formula is C19H23N3O4. The van der Waals surface area contributed by atoms with Crippen LogP contribution in [0, 0.1) is 0 Å². The maximum Gasteiger partial charge on any atom is 0.250 e. The molecule has 7 heteroatoms. The number of benzene rings is 2. The van der Waals surface area contributed by atoms with Gasteiger partial charge < -0.3 is 25.8 Å². The smallest absolute Gasteiger partial charge is 0.250 e. The highest BCUT2D eigenvalue weighted by molar-refractivity contribution is 6.00. The molecule has 138 valence electrons. The summed E-state index contributed by atoms with van der Waals surface area (Å²) in [5.41, 5.74) is 6.79. The van der Waals surface area contributed by atoms with E-state index in [1.807, 2.05) is 13.0 Å². The van der Waals surface area contributed by atoms with E-state index in [1.54, 1.807) is 42.5 Å². The lowest BCUT2D eigenvalue weighted by molar-refractivity contribution is -0.114. The van der Waals surface area contributed by atoms with Crippen LogP contribution >= 0.6 is 0 Å². The Morgan fingerprint density at radius 1 is 1.08 bits per heavy atom. The quantitative estimate of drug-likeness (QED) is 0.566. The molecule has 0 aliphatic carbocycles. The fraction of sp³-hybridized carbons (Fsp3) is 0.263. The van der Waals surface area contributed by atoms with E-state index in [0.717, 1.165) is 0 Å². The van der Waals surface area contributed by atoms with Gasteiger partial charge in [0.05, 0.1) is 18.7 Å². The standard InChI is InChI=1S/C19H23N3O4/c1-2-25-10-11-26-15-7-5-6-14(12-15)22-18(23)13-21-17-9-4-3-8-16(17)19(20)24/h3-9,12,21H,2,10-11,13H2,1H3,(H2,20,24)(H,22,23). The Kier molecular flexibility index (Phi) is 7.45. The van der Waals surface area contributed by atoms with E-state index in [2.05, 4.69) is 10.6 Å². The zero-order chi connectivity index (χ0) is 18.8. The minimum atomic E-state index is -0.551. The average Bonchev–Trinajstić information content (AvgIpc) is 2.64. The highest BCUT2D eigenvalue weighted by Crippen LogP contribution is 2.18. The van der Waals surface area contributed by atoms with Crippen molar-refractivity contribution in [2.75, 3.05) is 37.0 Å². The molecule has 0 unspecified atom stereocenters. The number of rotatable bonds is 10. The second-order valence-corrected chi connectivity index (χ2v) is 5.38. The topological polar surface area (TPSA) is 103 Å². The van der Waals surface area contributed by atoms with E-state index >= 15 is 0 Å². The molecule has 2 aromatic rings. The first kappa shape index (κ1) is 19.3. The highest BCUT2D eigenvalue weighted by atomic mass is 16.5. The molecule has 0 saturated heterocycles. The summed E-state index contributed by atoms with van der Waals surface area (Å²) in [6, 6.07) is 13.9. The average molecular weight is 357 g/mol. The van der Waals surface area contributed by atoms with Crippen molar-refractivity contribution < 1.29 is 19.1 Å². The summed E-state index contributed by atoms with van der Waals surface area (Å²) in [5.74, 6) is -0.157. The zero-order valence-corrected chi connectivity index (χ0v) is 14.7. The predicted molar refractivity (Wildman–Crippen MR) is 101 cm³/mol. The van der Waals surface area contributed by atoms with Crippen LogP contribution in [0.5, 0.6) is 5.75 Å². The number of carbonyl (C=O) groups is 2. The van der Waals surface area contributed by atoms with Crippen molar-refractivity contribution in [1.29, 1.82) is 0 Å². The summed E-state index contributed by atoms with van der Waals surface area (Å²) in [6.07, 6.45) is 0. The third-order valence-corrected chi connectivity index (χ3v) is 3.45. The summed E-state index contributed by atoms with van der Waals surface area (Å²) in [6.45, 7) is 3.52. The SMILES string of the molecule is CCOCCOc1cccc(NC(=O)CNc2ccccc2C(N)=O)c1. The number of nitrogens with two attached hydrogens (primary N) is 1. The lowest BCUT2D eigenvalue weighted by Crippen LogP contribution is -2.23. The Balaban J connectivity index is 1.87. The van der Waals surface area contributed by atoms with Crippen molar-refractivity contribution >= 4 is 23.2 Å². The van der Waals surface area contributed by atoms with E-state index in [1.165, 1.54) is 0 Å². The maximum atomic E-state index is 12.1. The number of primary amides is 1. The van der Waals surface area contributed by atoms with Crippen LogP contribution in [0.1, 0.15) is 17.3 Å². The molecule has 4 N–H and O–H groups in total. The van der Waals surface area contributed by atoms with Gasteiger partial charge in [0.15, 0.2) is 0 Å². The first-order valence-corrected chi connectivity index (χ1v) is 8.33. The van der Waals surface area contributed by atoms with Crippen LogP contribution < -0.4 is 21.1 Å². The van der Waals surface area contributed by atoms with Crippen LogP contribution in [-0.2, 0) is 9.53 Å². The molecule has 7 nitrogen and oxygen atoms in total. The van der Waals surface area contributed by atoms with Crippen molar-refractivity contribution in [2.45, 2.75) is 6.92 Å². The molecule has 2 amide bonds. The number of para-hydroxylation sites is 1. The largest absolute Gasteiger partial charge is 0.491 e. The fourth-order valence-corrected chi connectivity index (χ4v) is 2.26. The monoisotopic (exact) mass is 357 g/mol. The molecule has 0 heterocycles. The molecule has 2 aromatic carbocycles. The minimum absolute atomic E-state index is 0.000280. The molecule has 0 bridgehead atoms. The Morgan fingerprint density at radius 3 is 2.65 bits per heavy atom. The van der Waals surface area contributed by atoms with Crippen molar-refractivity contribution in [3.8, 4) is 5.75 Å². The molecule has 0 aliphatic rings. The van der Waals surface area contributed by atoms with Gasteiger partial charge in [-0.15, -0.1) is 0 Å². The molecule has 0 aliphatic heterocycles. The van der Waals surface area contributed by atoms with Crippen molar-refractivity contribution in [1.82, 2.24) is 0 Å². The Bertz CT molecular complexity index is 749. The van der Waals surface area contributed by atoms with Crippen LogP contribution in [0.15, 0.2) is 48.5 Å². The van der Waals surface area contributed by atoms with Gasteiger partial charge in [0, 0.05) is 24.0 Å². The molecule has 0 atom stereocenters. The number of carbonyl (C=O) groups excluding carboxylic acids is 2. The number of anilines is 2. The van der Waals surface area contributed by atoms with Crippen LogP contribution in [0.3, 0.4) is 0 Å². The molecule has 2 rings (SSSR count). The van der Waals surface area contributed by atoms with Crippen LogP contribution in [0.4, 0.5) is 11.4 Å². The fourth-order valence-electron chi connectivity index (χ4n) is 2.26. The number of hydrogen-bond acceptors (Lipinski definition) is 5. The third-order valence-electron chi connectivity index (χ3n) is 3.45. The summed E-state index contributed by atoms with van der Waals surface area (Å²) in [5, 5.41) is 5.69. The van der Waals surface area contributed by atoms with Gasteiger partial charge in [-0.2, -0.15) is 0 Å². The van der Waals surface area contributed by atoms with Crippen LogP contribution in [-0.4, -0.2) is 38.2 Å². The van der Waals surface area contributed by atoms with Gasteiger partial charge in [-0.05, 0) is 31.2 Å². The summed E-state index contributed by atoms with van der Waals surface area (Å²) < 4.78 is 10.8. The van der Waals surface area contributed by atoms with Crippen molar-refractivity contribution in [2.24, 2.45) is 5.73 Å². The van der Waals surface area contributed by atoms with Gasteiger partial charge in [0.25, 0.3) is 5.91 Å². The molecule has 0 spiro atoms. The minimum Gasteiger partial charge on any atom is -0.491 e. The second kappa shape index (κ2) is 10.0. The van der Waals surface area contributed by atoms with E-state index in [4.69, 9.17) is 15.2 Å². The maximum absolute atomic E-state index is 12.1.